The maximum absolute atomic E-state index is 8.85. The molecule has 0 aliphatic heterocycles. The van der Waals surface area contributed by atoms with Crippen molar-refractivity contribution in [3.63, 3.8) is 0 Å². The summed E-state index contributed by atoms with van der Waals surface area (Å²) in [5.74, 6) is 1.71. The minimum Gasteiger partial charge on any atom is -0.466 e. The van der Waals surface area contributed by atoms with Crippen molar-refractivity contribution in [1.82, 2.24) is 0 Å². The van der Waals surface area contributed by atoms with Gasteiger partial charge in [-0.25, -0.2) is 0 Å². The summed E-state index contributed by atoms with van der Waals surface area (Å²) in [4.78, 5) is 0. The number of aliphatic hydroxyl groups excluding tert-OH is 1. The summed E-state index contributed by atoms with van der Waals surface area (Å²) in [7, 11) is 0. The molecule has 13 heavy (non-hydrogen) atoms. The Morgan fingerprint density at radius 3 is 2.54 bits per heavy atom. The van der Waals surface area contributed by atoms with Gasteiger partial charge < -0.3 is 15.3 Å². The highest BCUT2D eigenvalue weighted by Crippen LogP contribution is 2.27. The zero-order valence-electron chi connectivity index (χ0n) is 8.42. The van der Waals surface area contributed by atoms with Gasteiger partial charge in [0, 0.05) is 17.7 Å². The molecule has 0 aromatic carbocycles. The number of aliphatic hydroxyl groups is 1. The van der Waals surface area contributed by atoms with E-state index in [9.17, 15) is 0 Å². The smallest absolute Gasteiger partial charge is 0.106 e. The van der Waals surface area contributed by atoms with Gasteiger partial charge in [-0.3, -0.25) is 0 Å². The summed E-state index contributed by atoms with van der Waals surface area (Å²) >= 11 is 0. The Hall–Kier alpha value is -0.800. The molecule has 1 heterocycles. The van der Waals surface area contributed by atoms with E-state index >= 15 is 0 Å². The number of nitrogens with two attached hydrogens (primary N) is 1. The summed E-state index contributed by atoms with van der Waals surface area (Å²) in [6.45, 7) is 5.79. The van der Waals surface area contributed by atoms with Crippen LogP contribution in [0.2, 0.25) is 0 Å². The van der Waals surface area contributed by atoms with Crippen LogP contribution in [-0.2, 0) is 5.54 Å². The highest BCUT2D eigenvalue weighted by atomic mass is 16.3. The molecule has 0 saturated heterocycles. The predicted octanol–water partition coefficient (Wildman–Crippen LogP) is 1.45. The molecule has 0 radical (unpaired) electrons. The van der Waals surface area contributed by atoms with Crippen molar-refractivity contribution in [2.45, 2.75) is 32.7 Å². The van der Waals surface area contributed by atoms with Crippen molar-refractivity contribution in [3.8, 4) is 0 Å². The van der Waals surface area contributed by atoms with Gasteiger partial charge in [0.1, 0.15) is 11.5 Å². The second-order valence-electron chi connectivity index (χ2n) is 3.72. The van der Waals surface area contributed by atoms with E-state index in [-0.39, 0.29) is 6.61 Å². The van der Waals surface area contributed by atoms with Crippen LogP contribution in [0.1, 0.15) is 30.4 Å². The van der Waals surface area contributed by atoms with Crippen molar-refractivity contribution in [3.05, 3.63) is 23.2 Å². The molecule has 3 N–H and O–H groups in total. The van der Waals surface area contributed by atoms with Gasteiger partial charge in [-0.15, -0.1) is 0 Å². The summed E-state index contributed by atoms with van der Waals surface area (Å²) in [5, 5.41) is 8.85. The fourth-order valence-corrected chi connectivity index (χ4v) is 1.56. The topological polar surface area (TPSA) is 59.4 Å². The van der Waals surface area contributed by atoms with Crippen LogP contribution in [0.4, 0.5) is 0 Å². The van der Waals surface area contributed by atoms with Crippen molar-refractivity contribution < 1.29 is 9.52 Å². The monoisotopic (exact) mass is 183 g/mol. The molecule has 0 unspecified atom stereocenters. The van der Waals surface area contributed by atoms with Gasteiger partial charge in [0.05, 0.1) is 0 Å². The lowest BCUT2D eigenvalue weighted by molar-refractivity contribution is 0.246. The van der Waals surface area contributed by atoms with Crippen LogP contribution < -0.4 is 5.73 Å². The molecule has 0 spiro atoms. The van der Waals surface area contributed by atoms with Gasteiger partial charge in [-0.2, -0.15) is 0 Å². The van der Waals surface area contributed by atoms with E-state index in [2.05, 4.69) is 0 Å². The fourth-order valence-electron chi connectivity index (χ4n) is 1.56. The van der Waals surface area contributed by atoms with Gasteiger partial charge in [0.2, 0.25) is 0 Å². The largest absolute Gasteiger partial charge is 0.466 e. The van der Waals surface area contributed by atoms with Crippen molar-refractivity contribution in [2.24, 2.45) is 5.73 Å². The standard InChI is InChI=1S/C10H17NO2/c1-7-6-9(8(2)13-7)10(3,11)4-5-12/h6,12H,4-5,11H2,1-3H3/t10-/m1/s1. The van der Waals surface area contributed by atoms with E-state index in [0.29, 0.717) is 6.42 Å². The highest BCUT2D eigenvalue weighted by molar-refractivity contribution is 5.27. The molecule has 0 aliphatic carbocycles. The SMILES string of the molecule is Cc1cc([C@](C)(N)CCO)c(C)o1. The van der Waals surface area contributed by atoms with E-state index in [1.54, 1.807) is 0 Å². The molecule has 74 valence electrons. The molecule has 0 bridgehead atoms. The van der Waals surface area contributed by atoms with E-state index in [0.717, 1.165) is 17.1 Å². The summed E-state index contributed by atoms with van der Waals surface area (Å²) in [6.07, 6.45) is 0.548. The lowest BCUT2D eigenvalue weighted by Gasteiger charge is -2.22. The van der Waals surface area contributed by atoms with Gasteiger partial charge in [-0.1, -0.05) is 0 Å². The lowest BCUT2D eigenvalue weighted by atomic mass is 9.90. The first-order valence-corrected chi connectivity index (χ1v) is 4.44. The average molecular weight is 183 g/mol. The first-order chi connectivity index (χ1) is 5.97. The molecule has 1 rings (SSSR count). The predicted molar refractivity (Wildman–Crippen MR) is 51.4 cm³/mol. The molecule has 0 fully saturated rings. The summed E-state index contributed by atoms with van der Waals surface area (Å²) < 4.78 is 5.39. The Morgan fingerprint density at radius 2 is 2.15 bits per heavy atom. The van der Waals surface area contributed by atoms with Crippen LogP contribution >= 0.6 is 0 Å². The molecular formula is C10H17NO2. The Bertz CT molecular complexity index is 289. The Labute approximate surface area is 78.5 Å². The van der Waals surface area contributed by atoms with Crippen molar-refractivity contribution in [1.29, 1.82) is 0 Å². The van der Waals surface area contributed by atoms with Crippen LogP contribution in [0.3, 0.4) is 0 Å². The average Bonchev–Trinajstić information content (AvgIpc) is 2.30. The Balaban J connectivity index is 2.98. The van der Waals surface area contributed by atoms with E-state index in [1.807, 2.05) is 26.8 Å². The Kier molecular flexibility index (Phi) is 2.78. The first-order valence-electron chi connectivity index (χ1n) is 4.44. The zero-order valence-corrected chi connectivity index (χ0v) is 8.42. The number of furan rings is 1. The molecule has 0 amide bonds. The Morgan fingerprint density at radius 1 is 1.54 bits per heavy atom. The van der Waals surface area contributed by atoms with Gasteiger partial charge in [0.25, 0.3) is 0 Å². The second kappa shape index (κ2) is 3.52. The van der Waals surface area contributed by atoms with Gasteiger partial charge in [0.15, 0.2) is 0 Å². The maximum atomic E-state index is 8.85. The zero-order chi connectivity index (χ0) is 10.1. The number of hydrogen-bond donors (Lipinski definition) is 2. The first kappa shape index (κ1) is 10.3. The minimum absolute atomic E-state index is 0.0939. The van der Waals surface area contributed by atoms with Crippen LogP contribution in [0, 0.1) is 13.8 Å². The van der Waals surface area contributed by atoms with Gasteiger partial charge in [-0.05, 0) is 33.3 Å². The molecule has 1 atom stereocenters. The summed E-state index contributed by atoms with van der Waals surface area (Å²) in [5.41, 5.74) is 6.54. The van der Waals surface area contributed by atoms with Crippen LogP contribution in [-0.4, -0.2) is 11.7 Å². The van der Waals surface area contributed by atoms with Gasteiger partial charge >= 0.3 is 0 Å². The van der Waals surface area contributed by atoms with E-state index < -0.39 is 5.54 Å². The van der Waals surface area contributed by atoms with Crippen LogP contribution in [0.5, 0.6) is 0 Å². The van der Waals surface area contributed by atoms with Crippen molar-refractivity contribution >= 4 is 0 Å². The molecule has 0 saturated carbocycles. The lowest BCUT2D eigenvalue weighted by Crippen LogP contribution is -2.34. The normalized spacial score (nSPS) is 15.8. The minimum atomic E-state index is -0.489. The molecule has 0 aliphatic rings. The number of aryl methyl sites for hydroxylation is 2. The third kappa shape index (κ3) is 2.11. The van der Waals surface area contributed by atoms with Crippen molar-refractivity contribution in [2.75, 3.05) is 6.61 Å². The van der Waals surface area contributed by atoms with E-state index in [1.165, 1.54) is 0 Å². The number of rotatable bonds is 3. The quantitative estimate of drug-likeness (QED) is 0.745. The second-order valence-corrected chi connectivity index (χ2v) is 3.72. The highest BCUT2D eigenvalue weighted by Gasteiger charge is 2.24. The molecule has 1 aromatic heterocycles. The number of hydrogen-bond acceptors (Lipinski definition) is 3. The molecular weight excluding hydrogens is 166 g/mol. The van der Waals surface area contributed by atoms with Crippen LogP contribution in [0.25, 0.3) is 0 Å². The third-order valence-corrected chi connectivity index (χ3v) is 2.29. The fraction of sp³-hybridized carbons (Fsp3) is 0.600. The molecule has 3 heteroatoms. The van der Waals surface area contributed by atoms with Crippen LogP contribution in [0.15, 0.2) is 10.5 Å². The maximum Gasteiger partial charge on any atom is 0.106 e. The van der Waals surface area contributed by atoms with E-state index in [4.69, 9.17) is 15.3 Å². The third-order valence-electron chi connectivity index (χ3n) is 2.29. The summed E-state index contributed by atoms with van der Waals surface area (Å²) in [6, 6.07) is 1.94. The molecule has 3 nitrogen and oxygen atoms in total. The molecule has 1 aromatic rings.